The molecule has 0 saturated heterocycles. The van der Waals surface area contributed by atoms with Gasteiger partial charge in [-0.1, -0.05) is 24.3 Å². The largest absolute Gasteiger partial charge is 0.348 e. The molecule has 3 amide bonds. The van der Waals surface area contributed by atoms with Crippen LogP contribution in [0.2, 0.25) is 0 Å². The molecule has 6 heteroatoms. The monoisotopic (exact) mass is 341 g/mol. The van der Waals surface area contributed by atoms with Gasteiger partial charge >= 0.3 is 6.03 Å². The van der Waals surface area contributed by atoms with Gasteiger partial charge in [0.25, 0.3) is 0 Å². The number of nitrogens with zero attached hydrogens (tertiary/aromatic N) is 1. The predicted octanol–water partition coefficient (Wildman–Crippen LogP) is 3.25. The van der Waals surface area contributed by atoms with Crippen LogP contribution in [-0.4, -0.2) is 30.9 Å². The Labute approximate surface area is 146 Å². The molecule has 5 nitrogen and oxygen atoms in total. The average Bonchev–Trinajstić information content (AvgIpc) is 2.59. The molecule has 0 radical (unpaired) electrons. The lowest BCUT2D eigenvalue weighted by molar-refractivity contribution is -0.116. The molecule has 0 unspecified atom stereocenters. The van der Waals surface area contributed by atoms with Crippen molar-refractivity contribution in [2.24, 2.45) is 0 Å². The molecule has 0 fully saturated rings. The predicted molar refractivity (Wildman–Crippen MR) is 96.4 cm³/mol. The Morgan fingerprint density at radius 1 is 1.12 bits per heavy atom. The van der Waals surface area contributed by atoms with Crippen LogP contribution in [0.3, 0.4) is 0 Å². The second kappa shape index (κ2) is 8.63. The molecular weight excluding hydrogens is 321 g/mol. The summed E-state index contributed by atoms with van der Waals surface area (Å²) in [6.45, 7) is 0.332. The average molecular weight is 341 g/mol. The lowest BCUT2D eigenvalue weighted by Crippen LogP contribution is -2.27. The summed E-state index contributed by atoms with van der Waals surface area (Å²) < 4.78 is 12.8. The summed E-state index contributed by atoms with van der Waals surface area (Å²) in [6.07, 6.45) is 3.01. The first kappa shape index (κ1) is 18.2. The topological polar surface area (TPSA) is 61.4 Å². The zero-order chi connectivity index (χ0) is 18.2. The van der Waals surface area contributed by atoms with E-state index in [9.17, 15) is 14.0 Å². The molecule has 130 valence electrons. The Morgan fingerprint density at radius 2 is 1.84 bits per heavy atom. The molecule has 2 rings (SSSR count). The van der Waals surface area contributed by atoms with Crippen LogP contribution in [0, 0.1) is 5.82 Å². The molecule has 25 heavy (non-hydrogen) atoms. The van der Waals surface area contributed by atoms with Crippen molar-refractivity contribution in [2.45, 2.75) is 6.54 Å². The van der Waals surface area contributed by atoms with E-state index in [4.69, 9.17) is 0 Å². The SMILES string of the molecule is CN(C)C(=O)Nc1cccc(CNC(=O)/C=C\c2ccc(F)cc2)c1. The highest BCUT2D eigenvalue weighted by atomic mass is 19.1. The minimum absolute atomic E-state index is 0.219. The molecular formula is C19H20FN3O2. The Balaban J connectivity index is 1.89. The van der Waals surface area contributed by atoms with Crippen molar-refractivity contribution < 1.29 is 14.0 Å². The number of nitrogens with one attached hydrogen (secondary N) is 2. The number of amides is 3. The van der Waals surface area contributed by atoms with Gasteiger partial charge in [-0.2, -0.15) is 0 Å². The molecule has 2 N–H and O–H groups in total. The van der Waals surface area contributed by atoms with Crippen LogP contribution < -0.4 is 10.6 Å². The minimum atomic E-state index is -0.317. The third-order valence-electron chi connectivity index (χ3n) is 3.35. The van der Waals surface area contributed by atoms with E-state index < -0.39 is 0 Å². The summed E-state index contributed by atoms with van der Waals surface area (Å²) in [5, 5.41) is 5.51. The van der Waals surface area contributed by atoms with E-state index in [2.05, 4.69) is 10.6 Å². The van der Waals surface area contributed by atoms with Crippen LogP contribution in [0.1, 0.15) is 11.1 Å². The van der Waals surface area contributed by atoms with Crippen molar-refractivity contribution in [3.05, 3.63) is 71.6 Å². The highest BCUT2D eigenvalue weighted by Gasteiger charge is 2.04. The first-order valence-electron chi connectivity index (χ1n) is 7.73. The van der Waals surface area contributed by atoms with E-state index in [1.807, 2.05) is 6.07 Å². The fourth-order valence-corrected chi connectivity index (χ4v) is 1.99. The summed E-state index contributed by atoms with van der Waals surface area (Å²) in [6, 6.07) is 12.9. The van der Waals surface area contributed by atoms with E-state index in [1.165, 1.54) is 23.1 Å². The van der Waals surface area contributed by atoms with E-state index in [1.54, 1.807) is 50.5 Å². The van der Waals surface area contributed by atoms with Crippen molar-refractivity contribution in [1.29, 1.82) is 0 Å². The maximum absolute atomic E-state index is 12.8. The third-order valence-corrected chi connectivity index (χ3v) is 3.35. The molecule has 0 aliphatic carbocycles. The Bertz CT molecular complexity index is 770. The van der Waals surface area contributed by atoms with Gasteiger partial charge in [-0.15, -0.1) is 0 Å². The molecule has 0 aliphatic rings. The molecule has 0 aromatic heterocycles. The fraction of sp³-hybridized carbons (Fsp3) is 0.158. The molecule has 0 atom stereocenters. The van der Waals surface area contributed by atoms with Crippen LogP contribution >= 0.6 is 0 Å². The molecule has 0 aliphatic heterocycles. The Kier molecular flexibility index (Phi) is 6.28. The lowest BCUT2D eigenvalue weighted by Gasteiger charge is -2.12. The van der Waals surface area contributed by atoms with Gasteiger partial charge in [0.2, 0.25) is 5.91 Å². The molecule has 0 saturated carbocycles. The van der Waals surface area contributed by atoms with Gasteiger partial charge < -0.3 is 15.5 Å². The first-order valence-corrected chi connectivity index (χ1v) is 7.73. The number of urea groups is 1. The lowest BCUT2D eigenvalue weighted by atomic mass is 10.2. The van der Waals surface area contributed by atoms with Gasteiger partial charge in [0.05, 0.1) is 0 Å². The van der Waals surface area contributed by atoms with E-state index in [-0.39, 0.29) is 17.8 Å². The minimum Gasteiger partial charge on any atom is -0.348 e. The van der Waals surface area contributed by atoms with Gasteiger partial charge in [0.1, 0.15) is 5.82 Å². The second-order valence-corrected chi connectivity index (χ2v) is 5.63. The third kappa shape index (κ3) is 6.10. The zero-order valence-electron chi connectivity index (χ0n) is 14.1. The summed E-state index contributed by atoms with van der Waals surface area (Å²) in [5.41, 5.74) is 2.26. The number of benzene rings is 2. The maximum atomic E-state index is 12.8. The molecule has 0 spiro atoms. The number of hydrogen-bond acceptors (Lipinski definition) is 2. The molecule has 0 heterocycles. The van der Waals surface area contributed by atoms with E-state index in [0.717, 1.165) is 11.1 Å². The van der Waals surface area contributed by atoms with Crippen LogP contribution in [0.15, 0.2) is 54.6 Å². The number of carbonyl (C=O) groups excluding carboxylic acids is 2. The summed E-state index contributed by atoms with van der Waals surface area (Å²) in [5.74, 6) is -0.574. The number of hydrogen-bond donors (Lipinski definition) is 2. The normalized spacial score (nSPS) is 10.5. The van der Waals surface area contributed by atoms with E-state index >= 15 is 0 Å². The zero-order valence-corrected chi connectivity index (χ0v) is 14.1. The van der Waals surface area contributed by atoms with E-state index in [0.29, 0.717) is 12.2 Å². The number of rotatable bonds is 5. The van der Waals surface area contributed by atoms with Crippen LogP contribution in [0.25, 0.3) is 6.08 Å². The smallest absolute Gasteiger partial charge is 0.321 e. The van der Waals surface area contributed by atoms with Gasteiger partial charge in [0, 0.05) is 32.4 Å². The molecule has 0 bridgehead atoms. The van der Waals surface area contributed by atoms with Crippen molar-refractivity contribution in [3.8, 4) is 0 Å². The van der Waals surface area contributed by atoms with Crippen molar-refractivity contribution in [1.82, 2.24) is 10.2 Å². The van der Waals surface area contributed by atoms with Crippen LogP contribution in [0.5, 0.6) is 0 Å². The Hall–Kier alpha value is -3.15. The van der Waals surface area contributed by atoms with Gasteiger partial charge in [-0.3, -0.25) is 4.79 Å². The highest BCUT2D eigenvalue weighted by Crippen LogP contribution is 2.11. The fourth-order valence-electron chi connectivity index (χ4n) is 1.99. The second-order valence-electron chi connectivity index (χ2n) is 5.63. The van der Waals surface area contributed by atoms with Crippen molar-refractivity contribution >= 4 is 23.7 Å². The molecule has 2 aromatic rings. The number of carbonyl (C=O) groups is 2. The van der Waals surface area contributed by atoms with Crippen molar-refractivity contribution in [3.63, 3.8) is 0 Å². The Morgan fingerprint density at radius 3 is 2.52 bits per heavy atom. The van der Waals surface area contributed by atoms with Crippen LogP contribution in [0.4, 0.5) is 14.9 Å². The number of anilines is 1. The summed E-state index contributed by atoms with van der Waals surface area (Å²) >= 11 is 0. The summed E-state index contributed by atoms with van der Waals surface area (Å²) in [4.78, 5) is 24.9. The first-order chi connectivity index (χ1) is 11.9. The molecule has 2 aromatic carbocycles. The maximum Gasteiger partial charge on any atom is 0.321 e. The standard InChI is InChI=1S/C19H20FN3O2/c1-23(2)19(25)22-17-5-3-4-15(12-17)13-21-18(24)11-8-14-6-9-16(20)10-7-14/h3-12H,13H2,1-2H3,(H,21,24)(H,22,25)/b11-8-. The highest BCUT2D eigenvalue weighted by molar-refractivity contribution is 5.91. The summed E-state index contributed by atoms with van der Waals surface area (Å²) in [7, 11) is 3.32. The van der Waals surface area contributed by atoms with Crippen molar-refractivity contribution in [2.75, 3.05) is 19.4 Å². The number of halogens is 1. The van der Waals surface area contributed by atoms with Gasteiger partial charge in [-0.25, -0.2) is 9.18 Å². The van der Waals surface area contributed by atoms with Gasteiger partial charge in [-0.05, 0) is 41.5 Å². The quantitative estimate of drug-likeness (QED) is 0.820. The van der Waals surface area contributed by atoms with Gasteiger partial charge in [0.15, 0.2) is 0 Å². The van der Waals surface area contributed by atoms with Crippen LogP contribution in [-0.2, 0) is 11.3 Å².